The zero-order chi connectivity index (χ0) is 11.5. The van der Waals surface area contributed by atoms with Crippen LogP contribution in [0.25, 0.3) is 5.65 Å². The summed E-state index contributed by atoms with van der Waals surface area (Å²) in [5.74, 6) is 4.16. The first-order valence-corrected chi connectivity index (χ1v) is 5.08. The number of nitrogens with one attached hydrogen (secondary N) is 1. The lowest BCUT2D eigenvalue weighted by Crippen LogP contribution is -2.16. The van der Waals surface area contributed by atoms with E-state index >= 15 is 0 Å². The molecule has 1 atom stereocenters. The second kappa shape index (κ2) is 4.19. The van der Waals surface area contributed by atoms with Crippen molar-refractivity contribution in [1.82, 2.24) is 19.6 Å². The molecule has 0 spiro atoms. The fraction of sp³-hybridized carbons (Fsp3) is 0.364. The predicted octanol–water partition coefficient (Wildman–Crippen LogP) is 1.26. The van der Waals surface area contributed by atoms with Gasteiger partial charge in [-0.3, -0.25) is 4.40 Å². The topological polar surface area (TPSA) is 55.1 Å². The highest BCUT2D eigenvalue weighted by atomic mass is 15.3. The molecule has 0 aliphatic carbocycles. The third-order valence-electron chi connectivity index (χ3n) is 2.30. The number of rotatable bonds is 3. The standard InChI is InChI=1S/C11H13N5/c1-4-5-8(2)13-10-11-15-14-9(3)16(11)7-6-12-10/h1,6-8H,5H2,2-3H3,(H,12,13). The van der Waals surface area contributed by atoms with Crippen LogP contribution in [0.5, 0.6) is 0 Å². The van der Waals surface area contributed by atoms with E-state index < -0.39 is 0 Å². The lowest BCUT2D eigenvalue weighted by Gasteiger charge is -2.11. The molecular weight excluding hydrogens is 202 g/mol. The number of aromatic nitrogens is 4. The molecule has 16 heavy (non-hydrogen) atoms. The zero-order valence-corrected chi connectivity index (χ0v) is 9.31. The number of anilines is 1. The van der Waals surface area contributed by atoms with Crippen LogP contribution in [0.2, 0.25) is 0 Å². The Balaban J connectivity index is 2.34. The van der Waals surface area contributed by atoms with Gasteiger partial charge in [0.05, 0.1) is 0 Å². The Labute approximate surface area is 93.9 Å². The van der Waals surface area contributed by atoms with E-state index in [4.69, 9.17) is 6.42 Å². The average molecular weight is 215 g/mol. The quantitative estimate of drug-likeness (QED) is 0.783. The van der Waals surface area contributed by atoms with Crippen molar-refractivity contribution in [2.45, 2.75) is 26.3 Å². The Bertz CT molecular complexity index is 537. The molecule has 2 aromatic heterocycles. The van der Waals surface area contributed by atoms with Crippen molar-refractivity contribution >= 4 is 11.5 Å². The van der Waals surface area contributed by atoms with Gasteiger partial charge in [-0.2, -0.15) is 0 Å². The Hall–Kier alpha value is -2.09. The van der Waals surface area contributed by atoms with Crippen LogP contribution in [0.15, 0.2) is 12.4 Å². The summed E-state index contributed by atoms with van der Waals surface area (Å²) in [5.41, 5.74) is 0.726. The molecule has 1 unspecified atom stereocenters. The van der Waals surface area contributed by atoms with Crippen LogP contribution in [0.1, 0.15) is 19.2 Å². The molecule has 2 aromatic rings. The van der Waals surface area contributed by atoms with E-state index in [9.17, 15) is 0 Å². The highest BCUT2D eigenvalue weighted by molar-refractivity contribution is 5.62. The van der Waals surface area contributed by atoms with Gasteiger partial charge in [-0.15, -0.1) is 22.5 Å². The molecule has 5 heteroatoms. The van der Waals surface area contributed by atoms with Crippen molar-refractivity contribution in [3.8, 4) is 12.3 Å². The van der Waals surface area contributed by atoms with Crippen LogP contribution in [0.4, 0.5) is 5.82 Å². The zero-order valence-electron chi connectivity index (χ0n) is 9.31. The maximum absolute atomic E-state index is 5.26. The number of terminal acetylenes is 1. The molecule has 2 rings (SSSR count). The van der Waals surface area contributed by atoms with Gasteiger partial charge in [0, 0.05) is 24.9 Å². The van der Waals surface area contributed by atoms with Gasteiger partial charge in [-0.25, -0.2) is 4.98 Å². The predicted molar refractivity (Wildman–Crippen MR) is 62.1 cm³/mol. The Morgan fingerprint density at radius 2 is 2.38 bits per heavy atom. The van der Waals surface area contributed by atoms with Gasteiger partial charge >= 0.3 is 0 Å². The minimum absolute atomic E-state index is 0.167. The summed E-state index contributed by atoms with van der Waals surface area (Å²) in [5, 5.41) is 11.3. The normalized spacial score (nSPS) is 12.3. The monoisotopic (exact) mass is 215 g/mol. The Morgan fingerprint density at radius 3 is 3.12 bits per heavy atom. The molecule has 0 amide bonds. The SMILES string of the molecule is C#CCC(C)Nc1nccn2c(C)nnc12. The van der Waals surface area contributed by atoms with Crippen molar-refractivity contribution in [3.63, 3.8) is 0 Å². The summed E-state index contributed by atoms with van der Waals surface area (Å²) in [6.07, 6.45) is 9.46. The fourth-order valence-corrected chi connectivity index (χ4v) is 1.50. The molecule has 2 heterocycles. The molecule has 0 aromatic carbocycles. The first-order valence-electron chi connectivity index (χ1n) is 5.08. The number of hydrogen-bond acceptors (Lipinski definition) is 4. The van der Waals surface area contributed by atoms with E-state index in [1.165, 1.54) is 0 Å². The van der Waals surface area contributed by atoms with Gasteiger partial charge in [0.1, 0.15) is 5.82 Å². The van der Waals surface area contributed by atoms with E-state index in [2.05, 4.69) is 26.4 Å². The molecule has 0 saturated heterocycles. The molecule has 82 valence electrons. The molecule has 0 bridgehead atoms. The number of aryl methyl sites for hydroxylation is 1. The minimum atomic E-state index is 0.167. The molecule has 0 aliphatic rings. The van der Waals surface area contributed by atoms with E-state index in [-0.39, 0.29) is 6.04 Å². The Kier molecular flexibility index (Phi) is 2.73. The van der Waals surface area contributed by atoms with Gasteiger partial charge in [0.25, 0.3) is 0 Å². The van der Waals surface area contributed by atoms with E-state index in [1.807, 2.05) is 24.4 Å². The molecule has 5 nitrogen and oxygen atoms in total. The summed E-state index contributed by atoms with van der Waals surface area (Å²) in [6.45, 7) is 3.91. The van der Waals surface area contributed by atoms with Crippen LogP contribution < -0.4 is 5.32 Å². The lowest BCUT2D eigenvalue weighted by molar-refractivity contribution is 0.820. The van der Waals surface area contributed by atoms with Crippen LogP contribution in [-0.4, -0.2) is 25.6 Å². The van der Waals surface area contributed by atoms with Gasteiger partial charge in [0.15, 0.2) is 5.82 Å². The molecular formula is C11H13N5. The molecule has 0 fully saturated rings. The minimum Gasteiger partial charge on any atom is -0.364 e. The van der Waals surface area contributed by atoms with Crippen molar-refractivity contribution < 1.29 is 0 Å². The van der Waals surface area contributed by atoms with Crippen molar-refractivity contribution in [2.24, 2.45) is 0 Å². The highest BCUT2D eigenvalue weighted by Gasteiger charge is 2.09. The molecule has 1 N–H and O–H groups in total. The maximum atomic E-state index is 5.26. The molecule has 0 radical (unpaired) electrons. The van der Waals surface area contributed by atoms with Crippen LogP contribution >= 0.6 is 0 Å². The van der Waals surface area contributed by atoms with Gasteiger partial charge in [-0.05, 0) is 13.8 Å². The summed E-state index contributed by atoms with van der Waals surface area (Å²) in [6, 6.07) is 0.167. The van der Waals surface area contributed by atoms with Crippen molar-refractivity contribution in [2.75, 3.05) is 5.32 Å². The third-order valence-corrected chi connectivity index (χ3v) is 2.30. The molecule has 0 saturated carbocycles. The average Bonchev–Trinajstić information content (AvgIpc) is 2.62. The maximum Gasteiger partial charge on any atom is 0.203 e. The Morgan fingerprint density at radius 1 is 1.56 bits per heavy atom. The first-order chi connectivity index (χ1) is 7.72. The third kappa shape index (κ3) is 1.82. The summed E-state index contributed by atoms with van der Waals surface area (Å²) in [7, 11) is 0. The first kappa shape index (κ1) is 10.4. The summed E-state index contributed by atoms with van der Waals surface area (Å²) >= 11 is 0. The smallest absolute Gasteiger partial charge is 0.203 e. The van der Waals surface area contributed by atoms with Crippen LogP contribution in [0, 0.1) is 19.3 Å². The summed E-state index contributed by atoms with van der Waals surface area (Å²) < 4.78 is 1.89. The van der Waals surface area contributed by atoms with E-state index in [0.717, 1.165) is 11.5 Å². The second-order valence-electron chi connectivity index (χ2n) is 3.67. The second-order valence-corrected chi connectivity index (χ2v) is 3.67. The number of hydrogen-bond donors (Lipinski definition) is 1. The number of nitrogens with zero attached hydrogens (tertiary/aromatic N) is 4. The molecule has 0 aliphatic heterocycles. The highest BCUT2D eigenvalue weighted by Crippen LogP contribution is 2.13. The van der Waals surface area contributed by atoms with Crippen LogP contribution in [-0.2, 0) is 0 Å². The van der Waals surface area contributed by atoms with Gasteiger partial charge in [0.2, 0.25) is 5.65 Å². The van der Waals surface area contributed by atoms with E-state index in [1.54, 1.807) is 6.20 Å². The van der Waals surface area contributed by atoms with Crippen molar-refractivity contribution in [3.05, 3.63) is 18.2 Å². The lowest BCUT2D eigenvalue weighted by atomic mass is 10.2. The van der Waals surface area contributed by atoms with Crippen molar-refractivity contribution in [1.29, 1.82) is 0 Å². The number of fused-ring (bicyclic) bond motifs is 1. The van der Waals surface area contributed by atoms with Crippen LogP contribution in [0.3, 0.4) is 0 Å². The summed E-state index contributed by atoms with van der Waals surface area (Å²) in [4.78, 5) is 4.24. The van der Waals surface area contributed by atoms with Gasteiger partial charge < -0.3 is 5.32 Å². The largest absolute Gasteiger partial charge is 0.364 e. The van der Waals surface area contributed by atoms with E-state index in [0.29, 0.717) is 12.2 Å². The van der Waals surface area contributed by atoms with Gasteiger partial charge in [-0.1, -0.05) is 0 Å². The fourth-order valence-electron chi connectivity index (χ4n) is 1.50.